The fraction of sp³-hybridized carbons (Fsp3) is 0.111. The quantitative estimate of drug-likeness (QED) is 0.130. The summed E-state index contributed by atoms with van der Waals surface area (Å²) in [6.07, 6.45) is -8.08. The number of rotatable bonds is 4. The van der Waals surface area contributed by atoms with Crippen LogP contribution in [-0.4, -0.2) is 14.2 Å². The van der Waals surface area contributed by atoms with Crippen LogP contribution in [0.5, 0.6) is 23.0 Å². The number of aryl methyl sites for hydroxylation is 6. The Morgan fingerprint density at radius 1 is 0.236 bits per heavy atom. The van der Waals surface area contributed by atoms with Crippen LogP contribution in [0.3, 0.4) is 0 Å². The minimum atomic E-state index is -4.07. The van der Waals surface area contributed by atoms with Crippen LogP contribution in [0.1, 0.15) is 89.0 Å². The second-order valence-electron chi connectivity index (χ2n) is 25.0. The second kappa shape index (κ2) is 32.6. The molecule has 552 valence electrons. The summed E-state index contributed by atoms with van der Waals surface area (Å²) in [5.41, 5.74) is 2.76. The van der Waals surface area contributed by atoms with Gasteiger partial charge < -0.3 is 18.9 Å². The molecular weight excluding hydrogens is 1450 g/mol. The van der Waals surface area contributed by atoms with E-state index >= 15 is 0 Å². The molecule has 12 aromatic rings. The third-order valence-electron chi connectivity index (χ3n) is 17.3. The lowest BCUT2D eigenvalue weighted by atomic mass is 9.92. The molecular formula is C90H56F16O4. The van der Waals surface area contributed by atoms with Gasteiger partial charge in [0.15, 0.2) is 81.2 Å². The molecule has 2 heterocycles. The Balaban J connectivity index is 0.000000146. The summed E-state index contributed by atoms with van der Waals surface area (Å²) in [7, 11) is 2.39. The highest BCUT2D eigenvalue weighted by molar-refractivity contribution is 5.80. The Morgan fingerprint density at radius 3 is 0.836 bits per heavy atom. The molecule has 0 saturated heterocycles. The SMILES string of the molecule is COc1ccc(-c2ccc(C#Cc3ccc(C)cc3)c(F)c2F)c(F)c1F.COc1ccc2c(c1F)OC(F)(F)c1c-2ccc(C#Cc2ccc(C)cc2)c1F.Cc1ccc(C#Cc2ccc(-c3ccc(C)c(F)c3F)c(F)c2F)cc1.Cc1ccc(C#Cc2ccc3c(c2F)C(F)(F)Oc2c-3ccc(C)c2F)cc1. The van der Waals surface area contributed by atoms with Gasteiger partial charge in [-0.05, 0) is 162 Å². The number of methoxy groups -OCH3 is 2. The predicted octanol–water partition coefficient (Wildman–Crippen LogP) is 23.4. The number of fused-ring (bicyclic) bond motifs is 6. The van der Waals surface area contributed by atoms with E-state index in [2.05, 4.69) is 61.6 Å². The fourth-order valence-electron chi connectivity index (χ4n) is 11.3. The molecule has 2 aliphatic heterocycles. The number of ether oxygens (including phenoxy) is 4. The molecule has 0 atom stereocenters. The molecule has 2 aliphatic rings. The first-order chi connectivity index (χ1) is 52.4. The van der Waals surface area contributed by atoms with Gasteiger partial charge in [0.25, 0.3) is 0 Å². The summed E-state index contributed by atoms with van der Waals surface area (Å²) in [6, 6.07) is 49.3. The summed E-state index contributed by atoms with van der Waals surface area (Å²) < 4.78 is 249. The van der Waals surface area contributed by atoms with Crippen molar-refractivity contribution in [2.75, 3.05) is 14.2 Å². The zero-order valence-electron chi connectivity index (χ0n) is 59.2. The number of hydrogen-bond acceptors (Lipinski definition) is 4. The minimum absolute atomic E-state index is 0.0150. The van der Waals surface area contributed by atoms with Crippen molar-refractivity contribution in [2.45, 2.75) is 53.8 Å². The Bertz CT molecular complexity index is 5870. The highest BCUT2D eigenvalue weighted by atomic mass is 19.3. The van der Waals surface area contributed by atoms with E-state index in [1.54, 1.807) is 48.5 Å². The Morgan fingerprint density at radius 2 is 0.491 bits per heavy atom. The highest BCUT2D eigenvalue weighted by Crippen LogP contribution is 2.52. The lowest BCUT2D eigenvalue weighted by Crippen LogP contribution is -2.29. The molecule has 4 nitrogen and oxygen atoms in total. The van der Waals surface area contributed by atoms with Gasteiger partial charge in [-0.2, -0.15) is 26.3 Å². The van der Waals surface area contributed by atoms with E-state index in [0.29, 0.717) is 22.3 Å². The monoisotopic (exact) mass is 1500 g/mol. The van der Waals surface area contributed by atoms with Crippen LogP contribution in [0.2, 0.25) is 0 Å². The van der Waals surface area contributed by atoms with E-state index < -0.39 is 116 Å². The smallest absolute Gasteiger partial charge is 0.430 e. The highest BCUT2D eigenvalue weighted by Gasteiger charge is 2.48. The molecule has 20 heteroatoms. The first kappa shape index (κ1) is 78.0. The van der Waals surface area contributed by atoms with Crippen molar-refractivity contribution in [1.82, 2.24) is 0 Å². The number of halogens is 16. The molecule has 0 N–H and O–H groups in total. The zero-order valence-corrected chi connectivity index (χ0v) is 59.2. The van der Waals surface area contributed by atoms with Gasteiger partial charge in [0.05, 0.1) is 36.5 Å². The second-order valence-corrected chi connectivity index (χ2v) is 25.0. The van der Waals surface area contributed by atoms with E-state index in [1.807, 2.05) is 76.2 Å². The van der Waals surface area contributed by atoms with Gasteiger partial charge in [-0.15, -0.1) is 0 Å². The van der Waals surface area contributed by atoms with Gasteiger partial charge in [0.2, 0.25) is 11.6 Å². The predicted molar refractivity (Wildman–Crippen MR) is 387 cm³/mol. The van der Waals surface area contributed by atoms with Crippen LogP contribution in [0, 0.1) is 159 Å². The van der Waals surface area contributed by atoms with Crippen molar-refractivity contribution in [1.29, 1.82) is 0 Å². The average molecular weight is 1510 g/mol. The van der Waals surface area contributed by atoms with Crippen LogP contribution < -0.4 is 18.9 Å². The summed E-state index contributed by atoms with van der Waals surface area (Å²) in [6.45, 7) is 10.5. The van der Waals surface area contributed by atoms with Crippen molar-refractivity contribution in [3.8, 4) is 115 Å². The maximum absolute atomic E-state index is 15.0. The third kappa shape index (κ3) is 16.6. The lowest BCUT2D eigenvalue weighted by molar-refractivity contribution is -0.191. The number of hydrogen-bond donors (Lipinski definition) is 0. The molecule has 12 aromatic carbocycles. The minimum Gasteiger partial charge on any atom is -0.494 e. The van der Waals surface area contributed by atoms with Gasteiger partial charge in [-0.25, -0.2) is 43.9 Å². The molecule has 110 heavy (non-hydrogen) atoms. The maximum atomic E-state index is 15.0. The Labute approximate surface area is 622 Å². The Kier molecular flexibility index (Phi) is 23.1. The van der Waals surface area contributed by atoms with Crippen LogP contribution in [0.4, 0.5) is 70.2 Å². The van der Waals surface area contributed by atoms with Crippen LogP contribution >= 0.6 is 0 Å². The van der Waals surface area contributed by atoms with Crippen molar-refractivity contribution >= 4 is 0 Å². The van der Waals surface area contributed by atoms with Gasteiger partial charge in [-0.3, -0.25) is 0 Å². The van der Waals surface area contributed by atoms with Crippen molar-refractivity contribution in [3.63, 3.8) is 0 Å². The van der Waals surface area contributed by atoms with E-state index in [9.17, 15) is 70.2 Å². The summed E-state index contributed by atoms with van der Waals surface area (Å²) >= 11 is 0. The normalized spacial score (nSPS) is 12.0. The standard InChI is InChI=1S/C23H14F4O2.C23H14F4O.C22H14F4O.C22H14F4/c1-13-3-5-14(6-4-13)7-8-15-9-10-16-17-11-12-18(28-2)21(25)22(17)29-23(26,27)19(16)20(15)24;1-13-3-6-15(7-4-13)8-9-16-10-12-17-18-11-5-14(2)20(24)22(18)28-23(26,27)19(17)21(16)25;1-13-3-5-14(6-4-13)7-8-15-9-10-16(20(24)19(15)23)17-11-12-18(27-2)22(26)21(17)25;1-13-3-6-15(7-4-13)8-9-16-10-12-18(22(26)20(16)24)17-11-5-14(2)19(23)21(17)25/h3-6,9-12H,1-2H3;3-7,10-12H,1-2H3;3-6,9-12H,1-2H3;3-7,10-12H,1-2H3. The molecule has 0 saturated carbocycles. The van der Waals surface area contributed by atoms with Gasteiger partial charge >= 0.3 is 12.2 Å². The van der Waals surface area contributed by atoms with Gasteiger partial charge in [0, 0.05) is 66.8 Å². The molecule has 0 aliphatic carbocycles. The molecule has 0 amide bonds. The molecule has 0 radical (unpaired) electrons. The summed E-state index contributed by atoms with van der Waals surface area (Å²) in [5, 5.41) is 0. The molecule has 0 spiro atoms. The van der Waals surface area contributed by atoms with Crippen LogP contribution in [0.25, 0.3) is 44.5 Å². The Hall–Kier alpha value is -13.0. The van der Waals surface area contributed by atoms with E-state index in [-0.39, 0.29) is 78.3 Å². The van der Waals surface area contributed by atoms with Crippen molar-refractivity contribution < 1.29 is 89.2 Å². The van der Waals surface area contributed by atoms with Crippen LogP contribution in [-0.2, 0) is 12.2 Å². The molecule has 14 rings (SSSR count). The fourth-order valence-corrected chi connectivity index (χ4v) is 11.3. The number of benzene rings is 12. The summed E-state index contributed by atoms with van der Waals surface area (Å²) in [4.78, 5) is 0. The van der Waals surface area contributed by atoms with Crippen molar-refractivity contribution in [2.24, 2.45) is 0 Å². The van der Waals surface area contributed by atoms with E-state index in [4.69, 9.17) is 4.74 Å². The third-order valence-corrected chi connectivity index (χ3v) is 17.3. The first-order valence-electron chi connectivity index (χ1n) is 33.1. The van der Waals surface area contributed by atoms with E-state index in [0.717, 1.165) is 34.4 Å². The maximum Gasteiger partial charge on any atom is 0.430 e. The lowest BCUT2D eigenvalue weighted by Gasteiger charge is -2.29. The number of alkyl halides is 4. The van der Waals surface area contributed by atoms with Gasteiger partial charge in [-0.1, -0.05) is 155 Å². The zero-order chi connectivity index (χ0) is 79.2. The summed E-state index contributed by atoms with van der Waals surface area (Å²) in [5.74, 6) is 5.34. The van der Waals surface area contributed by atoms with Gasteiger partial charge in [0.1, 0.15) is 11.1 Å². The average Bonchev–Trinajstić information content (AvgIpc) is 0.737. The van der Waals surface area contributed by atoms with Crippen LogP contribution in [0.15, 0.2) is 194 Å². The first-order valence-corrected chi connectivity index (χ1v) is 33.1. The largest absolute Gasteiger partial charge is 0.494 e. The molecule has 0 fully saturated rings. The topological polar surface area (TPSA) is 36.9 Å². The van der Waals surface area contributed by atoms with Crippen molar-refractivity contribution in [3.05, 3.63) is 353 Å². The van der Waals surface area contributed by atoms with E-state index in [1.165, 1.54) is 113 Å². The molecule has 0 aromatic heterocycles. The molecule has 0 unspecified atom stereocenters. The molecule has 0 bridgehead atoms.